The Hall–Kier alpha value is -3.86. The maximum atomic E-state index is 13.6. The Morgan fingerprint density at radius 3 is 2.12 bits per heavy atom. The van der Waals surface area contributed by atoms with Crippen molar-refractivity contribution in [1.29, 1.82) is 0 Å². The van der Waals surface area contributed by atoms with E-state index in [2.05, 4.69) is 19.2 Å². The summed E-state index contributed by atoms with van der Waals surface area (Å²) in [5.41, 5.74) is 6.48. The highest BCUT2D eigenvalue weighted by Gasteiger charge is 2.39. The van der Waals surface area contributed by atoms with Crippen LogP contribution in [0.25, 0.3) is 5.57 Å². The van der Waals surface area contributed by atoms with Gasteiger partial charge in [0.05, 0.1) is 19.2 Å². The zero-order valence-electron chi connectivity index (χ0n) is 20.3. The molecule has 0 radical (unpaired) electrons. The summed E-state index contributed by atoms with van der Waals surface area (Å²) in [7, 11) is 1.61. The summed E-state index contributed by atoms with van der Waals surface area (Å²) < 4.78 is 5.22. The lowest BCUT2D eigenvalue weighted by molar-refractivity contribution is -0.137. The second-order valence-electron chi connectivity index (χ2n) is 9.00. The molecule has 5 nitrogen and oxygen atoms in total. The predicted octanol–water partition coefficient (Wildman–Crippen LogP) is 5.83. The number of carbonyl (C=O) groups is 2. The zero-order valence-corrected chi connectivity index (χ0v) is 20.3. The summed E-state index contributed by atoms with van der Waals surface area (Å²) in [6, 6.07) is 21.2. The molecule has 0 saturated carbocycles. The van der Waals surface area contributed by atoms with E-state index < -0.39 is 0 Å². The van der Waals surface area contributed by atoms with E-state index >= 15 is 0 Å². The van der Waals surface area contributed by atoms with Crippen LogP contribution in [0.1, 0.15) is 47.6 Å². The largest absolute Gasteiger partial charge is 0.497 e. The van der Waals surface area contributed by atoms with Crippen molar-refractivity contribution in [3.8, 4) is 5.75 Å². The number of imide groups is 1. The Morgan fingerprint density at radius 2 is 1.53 bits per heavy atom. The lowest BCUT2D eigenvalue weighted by atomic mass is 9.99. The van der Waals surface area contributed by atoms with Gasteiger partial charge in [-0.25, -0.2) is 0 Å². The van der Waals surface area contributed by atoms with Gasteiger partial charge in [-0.2, -0.15) is 0 Å². The summed E-state index contributed by atoms with van der Waals surface area (Å²) in [5, 5.41) is 3.25. The van der Waals surface area contributed by atoms with Gasteiger partial charge in [0.15, 0.2) is 0 Å². The first-order chi connectivity index (χ1) is 16.3. The lowest BCUT2D eigenvalue weighted by Crippen LogP contribution is -2.32. The molecular formula is C29H30N2O3. The highest BCUT2D eigenvalue weighted by Crippen LogP contribution is 2.33. The summed E-state index contributed by atoms with van der Waals surface area (Å²) in [4.78, 5) is 28.4. The molecule has 3 aromatic rings. The molecule has 5 heteroatoms. The third-order valence-corrected chi connectivity index (χ3v) is 6.31. The normalized spacial score (nSPS) is 13.8. The van der Waals surface area contributed by atoms with Gasteiger partial charge < -0.3 is 10.1 Å². The van der Waals surface area contributed by atoms with Gasteiger partial charge in [0, 0.05) is 5.69 Å². The molecule has 0 atom stereocenters. The van der Waals surface area contributed by atoms with E-state index in [4.69, 9.17) is 4.74 Å². The number of anilines is 1. The second-order valence-corrected chi connectivity index (χ2v) is 9.00. The number of hydrogen-bond donors (Lipinski definition) is 1. The average Bonchev–Trinajstić information content (AvgIpc) is 3.06. The van der Waals surface area contributed by atoms with Gasteiger partial charge in [-0.05, 0) is 71.8 Å². The van der Waals surface area contributed by atoms with Gasteiger partial charge >= 0.3 is 0 Å². The van der Waals surface area contributed by atoms with Crippen LogP contribution in [-0.2, 0) is 16.1 Å². The maximum absolute atomic E-state index is 13.6. The number of rotatable bonds is 7. The molecule has 1 aliphatic rings. The van der Waals surface area contributed by atoms with Gasteiger partial charge in [0.1, 0.15) is 11.4 Å². The number of aryl methyl sites for hydroxylation is 2. The summed E-state index contributed by atoms with van der Waals surface area (Å²) >= 11 is 0. The van der Waals surface area contributed by atoms with Crippen LogP contribution >= 0.6 is 0 Å². The topological polar surface area (TPSA) is 58.6 Å². The predicted molar refractivity (Wildman–Crippen MR) is 136 cm³/mol. The zero-order chi connectivity index (χ0) is 24.4. The number of hydrogen-bond acceptors (Lipinski definition) is 4. The van der Waals surface area contributed by atoms with Crippen LogP contribution in [0, 0.1) is 13.8 Å². The minimum Gasteiger partial charge on any atom is -0.497 e. The van der Waals surface area contributed by atoms with Crippen molar-refractivity contribution in [3.63, 3.8) is 0 Å². The number of amides is 2. The summed E-state index contributed by atoms with van der Waals surface area (Å²) in [6.45, 7) is 8.50. The molecular weight excluding hydrogens is 424 g/mol. The van der Waals surface area contributed by atoms with Gasteiger partial charge in [-0.1, -0.05) is 56.3 Å². The molecule has 4 rings (SSSR count). The van der Waals surface area contributed by atoms with Crippen molar-refractivity contribution in [1.82, 2.24) is 4.90 Å². The lowest BCUT2D eigenvalue weighted by Gasteiger charge is -2.16. The third kappa shape index (κ3) is 4.60. The quantitative estimate of drug-likeness (QED) is 0.457. The number of nitrogens with zero attached hydrogens (tertiary/aromatic N) is 1. The fourth-order valence-electron chi connectivity index (χ4n) is 4.01. The Kier molecular flexibility index (Phi) is 6.55. The van der Waals surface area contributed by atoms with Crippen LogP contribution in [-0.4, -0.2) is 23.8 Å². The molecule has 34 heavy (non-hydrogen) atoms. The molecule has 3 aromatic carbocycles. The molecule has 0 spiro atoms. The monoisotopic (exact) mass is 454 g/mol. The van der Waals surface area contributed by atoms with E-state index in [0.29, 0.717) is 17.2 Å². The molecule has 0 aliphatic carbocycles. The first kappa shape index (κ1) is 23.3. The van der Waals surface area contributed by atoms with Gasteiger partial charge in [0.25, 0.3) is 11.8 Å². The van der Waals surface area contributed by atoms with Crippen molar-refractivity contribution in [2.75, 3.05) is 12.4 Å². The fraction of sp³-hybridized carbons (Fsp3) is 0.241. The van der Waals surface area contributed by atoms with Crippen LogP contribution in [0.2, 0.25) is 0 Å². The number of ether oxygens (including phenoxy) is 1. The number of methoxy groups -OCH3 is 1. The first-order valence-electron chi connectivity index (χ1n) is 11.5. The molecule has 174 valence electrons. The van der Waals surface area contributed by atoms with Gasteiger partial charge in [0.2, 0.25) is 0 Å². The van der Waals surface area contributed by atoms with Crippen LogP contribution < -0.4 is 10.1 Å². The van der Waals surface area contributed by atoms with Crippen LogP contribution in [0.3, 0.4) is 0 Å². The van der Waals surface area contributed by atoms with Crippen molar-refractivity contribution < 1.29 is 14.3 Å². The maximum Gasteiger partial charge on any atom is 0.278 e. The molecule has 1 N–H and O–H groups in total. The molecule has 1 aliphatic heterocycles. The Balaban J connectivity index is 1.71. The fourth-order valence-corrected chi connectivity index (χ4v) is 4.01. The molecule has 0 bridgehead atoms. The van der Waals surface area contributed by atoms with Crippen LogP contribution in [0.4, 0.5) is 5.69 Å². The highest BCUT2D eigenvalue weighted by atomic mass is 16.5. The Bertz CT molecular complexity index is 1260. The van der Waals surface area contributed by atoms with Crippen molar-refractivity contribution in [2.45, 2.75) is 40.2 Å². The van der Waals surface area contributed by atoms with Gasteiger partial charge in [-0.15, -0.1) is 0 Å². The molecule has 0 saturated heterocycles. The molecule has 1 heterocycles. The molecule has 0 fully saturated rings. The van der Waals surface area contributed by atoms with Crippen LogP contribution in [0.5, 0.6) is 5.75 Å². The third-order valence-electron chi connectivity index (χ3n) is 6.31. The number of nitrogens with one attached hydrogen (secondary N) is 1. The summed E-state index contributed by atoms with van der Waals surface area (Å²) in [6.07, 6.45) is 0. The molecule has 0 unspecified atom stereocenters. The Morgan fingerprint density at radius 1 is 0.853 bits per heavy atom. The molecule has 2 amide bonds. The standard InChI is InChI=1S/C29H30N2O3/c1-18(2)22-10-12-24(13-11-22)30-27-26(23-9-6-19(3)20(4)16-23)28(32)31(29(27)33)17-21-7-14-25(34-5)15-8-21/h6-16,18,30H,17H2,1-5H3. The summed E-state index contributed by atoms with van der Waals surface area (Å²) in [5.74, 6) is 0.505. The average molecular weight is 455 g/mol. The van der Waals surface area contributed by atoms with E-state index in [1.165, 1.54) is 10.5 Å². The van der Waals surface area contributed by atoms with Crippen molar-refractivity contribution in [3.05, 3.63) is 100 Å². The smallest absolute Gasteiger partial charge is 0.278 e. The SMILES string of the molecule is COc1ccc(CN2C(=O)C(Nc3ccc(C(C)C)cc3)=C(c3ccc(C)c(C)c3)C2=O)cc1. The van der Waals surface area contributed by atoms with Crippen molar-refractivity contribution in [2.24, 2.45) is 0 Å². The second kappa shape index (κ2) is 9.56. The van der Waals surface area contributed by atoms with E-state index in [-0.39, 0.29) is 18.4 Å². The number of benzene rings is 3. The van der Waals surface area contributed by atoms with E-state index in [9.17, 15) is 9.59 Å². The van der Waals surface area contributed by atoms with E-state index in [1.54, 1.807) is 7.11 Å². The van der Waals surface area contributed by atoms with Crippen molar-refractivity contribution >= 4 is 23.1 Å². The van der Waals surface area contributed by atoms with E-state index in [0.717, 1.165) is 33.7 Å². The Labute approximate surface area is 201 Å². The number of carbonyl (C=O) groups excluding carboxylic acids is 2. The minimum atomic E-state index is -0.331. The minimum absolute atomic E-state index is 0.188. The van der Waals surface area contributed by atoms with E-state index in [1.807, 2.05) is 80.6 Å². The highest BCUT2D eigenvalue weighted by molar-refractivity contribution is 6.36. The first-order valence-corrected chi connectivity index (χ1v) is 11.5. The van der Waals surface area contributed by atoms with Gasteiger partial charge in [-0.3, -0.25) is 14.5 Å². The molecule has 0 aromatic heterocycles. The van der Waals surface area contributed by atoms with Crippen LogP contribution in [0.15, 0.2) is 72.4 Å².